The summed E-state index contributed by atoms with van der Waals surface area (Å²) in [5.74, 6) is 0. The molecule has 0 radical (unpaired) electrons. The van der Waals surface area contributed by atoms with Crippen LogP contribution in [0.4, 0.5) is 0 Å². The second-order valence-electron chi connectivity index (χ2n) is 4.82. The Bertz CT molecular complexity index is 350. The van der Waals surface area contributed by atoms with Crippen LogP contribution in [0.3, 0.4) is 0 Å². The Morgan fingerprint density at radius 3 is 2.67 bits per heavy atom. The monoisotopic (exact) mass is 249 g/mol. The van der Waals surface area contributed by atoms with E-state index in [0.29, 0.717) is 6.61 Å². The fourth-order valence-electron chi connectivity index (χ4n) is 1.90. The Labute approximate surface area is 109 Å². The van der Waals surface area contributed by atoms with E-state index in [1.54, 1.807) is 7.11 Å². The summed E-state index contributed by atoms with van der Waals surface area (Å²) in [6.07, 6.45) is 3.62. The van der Waals surface area contributed by atoms with Crippen molar-refractivity contribution < 1.29 is 9.47 Å². The first-order valence-electron chi connectivity index (χ1n) is 6.77. The summed E-state index contributed by atoms with van der Waals surface area (Å²) in [6.45, 7) is 3.19. The lowest BCUT2D eigenvalue weighted by atomic mass is 10.1. The minimum atomic E-state index is 0.701. The third-order valence-electron chi connectivity index (χ3n) is 3.17. The van der Waals surface area contributed by atoms with E-state index in [-0.39, 0.29) is 0 Å². The van der Waals surface area contributed by atoms with Crippen LogP contribution < -0.4 is 5.32 Å². The van der Waals surface area contributed by atoms with Crippen molar-refractivity contribution in [2.45, 2.75) is 38.5 Å². The molecule has 0 aromatic heterocycles. The van der Waals surface area contributed by atoms with Gasteiger partial charge in [-0.15, -0.1) is 0 Å². The molecule has 1 aliphatic carbocycles. The highest BCUT2D eigenvalue weighted by atomic mass is 16.5. The molecular weight excluding hydrogens is 226 g/mol. The van der Waals surface area contributed by atoms with Crippen LogP contribution in [-0.4, -0.2) is 26.4 Å². The number of methoxy groups -OCH3 is 1. The average Bonchev–Trinajstić information content (AvgIpc) is 3.21. The molecule has 100 valence electrons. The first kappa shape index (κ1) is 13.5. The van der Waals surface area contributed by atoms with Gasteiger partial charge in [0.05, 0.1) is 6.61 Å². The maximum Gasteiger partial charge on any atom is 0.0720 e. The van der Waals surface area contributed by atoms with Gasteiger partial charge in [0.1, 0.15) is 0 Å². The minimum absolute atomic E-state index is 0.701. The number of hydrogen-bond donors (Lipinski definition) is 1. The zero-order valence-electron chi connectivity index (χ0n) is 11.2. The predicted molar refractivity (Wildman–Crippen MR) is 72.5 cm³/mol. The lowest BCUT2D eigenvalue weighted by Gasteiger charge is -2.10. The quantitative estimate of drug-likeness (QED) is 0.682. The SMILES string of the molecule is COCCCOCc1ccccc1CNC1CC1. The second-order valence-corrected chi connectivity index (χ2v) is 4.82. The van der Waals surface area contributed by atoms with Crippen LogP contribution in [-0.2, 0) is 22.6 Å². The van der Waals surface area contributed by atoms with Crippen molar-refractivity contribution in [2.24, 2.45) is 0 Å². The third kappa shape index (κ3) is 4.77. The van der Waals surface area contributed by atoms with Crippen LogP contribution in [0, 0.1) is 0 Å². The van der Waals surface area contributed by atoms with Gasteiger partial charge in [0.15, 0.2) is 0 Å². The Hall–Kier alpha value is -0.900. The van der Waals surface area contributed by atoms with Crippen molar-refractivity contribution in [1.29, 1.82) is 0 Å². The van der Waals surface area contributed by atoms with Gasteiger partial charge in [0.25, 0.3) is 0 Å². The highest BCUT2D eigenvalue weighted by Gasteiger charge is 2.20. The number of hydrogen-bond acceptors (Lipinski definition) is 3. The van der Waals surface area contributed by atoms with Crippen LogP contribution >= 0.6 is 0 Å². The summed E-state index contributed by atoms with van der Waals surface area (Å²) in [5.41, 5.74) is 2.65. The predicted octanol–water partition coefficient (Wildman–Crippen LogP) is 2.49. The van der Waals surface area contributed by atoms with Crippen molar-refractivity contribution in [3.63, 3.8) is 0 Å². The van der Waals surface area contributed by atoms with Gasteiger partial charge < -0.3 is 14.8 Å². The molecule has 0 bridgehead atoms. The van der Waals surface area contributed by atoms with Gasteiger partial charge >= 0.3 is 0 Å². The van der Waals surface area contributed by atoms with Gasteiger partial charge in [0.2, 0.25) is 0 Å². The first-order chi connectivity index (χ1) is 8.90. The average molecular weight is 249 g/mol. The lowest BCUT2D eigenvalue weighted by molar-refractivity contribution is 0.0924. The molecule has 1 N–H and O–H groups in total. The summed E-state index contributed by atoms with van der Waals surface area (Å²) in [5, 5.41) is 3.55. The van der Waals surface area contributed by atoms with Gasteiger partial charge in [-0.3, -0.25) is 0 Å². The fraction of sp³-hybridized carbons (Fsp3) is 0.600. The van der Waals surface area contributed by atoms with Crippen LogP contribution in [0.1, 0.15) is 30.4 Å². The van der Waals surface area contributed by atoms with E-state index < -0.39 is 0 Å². The van der Waals surface area contributed by atoms with E-state index in [1.807, 2.05) is 0 Å². The van der Waals surface area contributed by atoms with Crippen molar-refractivity contribution in [2.75, 3.05) is 20.3 Å². The molecule has 0 amide bonds. The topological polar surface area (TPSA) is 30.5 Å². The fourth-order valence-corrected chi connectivity index (χ4v) is 1.90. The van der Waals surface area contributed by atoms with Crippen LogP contribution in [0.5, 0.6) is 0 Å². The summed E-state index contributed by atoms with van der Waals surface area (Å²) >= 11 is 0. The van der Waals surface area contributed by atoms with E-state index >= 15 is 0 Å². The van der Waals surface area contributed by atoms with E-state index in [1.165, 1.54) is 24.0 Å². The maximum atomic E-state index is 5.68. The summed E-state index contributed by atoms with van der Waals surface area (Å²) < 4.78 is 10.7. The molecule has 3 heteroatoms. The number of benzene rings is 1. The van der Waals surface area contributed by atoms with E-state index in [9.17, 15) is 0 Å². The van der Waals surface area contributed by atoms with Crippen LogP contribution in [0.25, 0.3) is 0 Å². The molecule has 0 aliphatic heterocycles. The largest absolute Gasteiger partial charge is 0.385 e. The van der Waals surface area contributed by atoms with Crippen molar-refractivity contribution in [3.05, 3.63) is 35.4 Å². The Morgan fingerprint density at radius 1 is 1.17 bits per heavy atom. The molecule has 0 unspecified atom stereocenters. The van der Waals surface area contributed by atoms with Gasteiger partial charge in [0, 0.05) is 32.9 Å². The molecular formula is C15H23NO2. The molecule has 3 nitrogen and oxygen atoms in total. The van der Waals surface area contributed by atoms with Gasteiger partial charge in [-0.1, -0.05) is 24.3 Å². The molecule has 1 fully saturated rings. The molecule has 0 heterocycles. The summed E-state index contributed by atoms with van der Waals surface area (Å²) in [4.78, 5) is 0. The summed E-state index contributed by atoms with van der Waals surface area (Å²) in [7, 11) is 1.72. The summed E-state index contributed by atoms with van der Waals surface area (Å²) in [6, 6.07) is 9.26. The highest BCUT2D eigenvalue weighted by Crippen LogP contribution is 2.20. The molecule has 2 rings (SSSR count). The van der Waals surface area contributed by atoms with Crippen molar-refractivity contribution >= 4 is 0 Å². The van der Waals surface area contributed by atoms with Crippen molar-refractivity contribution in [1.82, 2.24) is 5.32 Å². The number of ether oxygens (including phenoxy) is 2. The Morgan fingerprint density at radius 2 is 1.94 bits per heavy atom. The van der Waals surface area contributed by atoms with E-state index in [4.69, 9.17) is 9.47 Å². The van der Waals surface area contributed by atoms with Crippen LogP contribution in [0.2, 0.25) is 0 Å². The molecule has 1 aromatic rings. The first-order valence-corrected chi connectivity index (χ1v) is 6.77. The molecule has 1 aliphatic rings. The molecule has 0 atom stereocenters. The number of rotatable bonds is 9. The third-order valence-corrected chi connectivity index (χ3v) is 3.17. The molecule has 1 aromatic carbocycles. The van der Waals surface area contributed by atoms with Gasteiger partial charge in [-0.2, -0.15) is 0 Å². The van der Waals surface area contributed by atoms with Gasteiger partial charge in [-0.05, 0) is 30.4 Å². The molecule has 0 saturated heterocycles. The number of nitrogens with one attached hydrogen (secondary N) is 1. The maximum absolute atomic E-state index is 5.68. The van der Waals surface area contributed by atoms with Crippen LogP contribution in [0.15, 0.2) is 24.3 Å². The second kappa shape index (κ2) is 7.52. The zero-order valence-corrected chi connectivity index (χ0v) is 11.2. The van der Waals surface area contributed by atoms with E-state index in [0.717, 1.165) is 32.2 Å². The molecule has 0 spiro atoms. The standard InChI is InChI=1S/C15H23NO2/c1-17-9-4-10-18-12-14-6-3-2-5-13(14)11-16-15-7-8-15/h2-3,5-6,15-16H,4,7-12H2,1H3. The van der Waals surface area contributed by atoms with Crippen molar-refractivity contribution in [3.8, 4) is 0 Å². The highest BCUT2D eigenvalue weighted by molar-refractivity contribution is 5.26. The normalized spacial score (nSPS) is 14.9. The smallest absolute Gasteiger partial charge is 0.0720 e. The lowest BCUT2D eigenvalue weighted by Crippen LogP contribution is -2.16. The molecule has 1 saturated carbocycles. The minimum Gasteiger partial charge on any atom is -0.385 e. The zero-order chi connectivity index (χ0) is 12.6. The Kier molecular flexibility index (Phi) is 5.65. The molecule has 18 heavy (non-hydrogen) atoms. The Balaban J connectivity index is 1.74. The van der Waals surface area contributed by atoms with Gasteiger partial charge in [-0.25, -0.2) is 0 Å². The van der Waals surface area contributed by atoms with E-state index in [2.05, 4.69) is 29.6 Å².